The number of rotatable bonds is 10. The average molecular weight is 516 g/mol. The number of hydrogen-bond acceptors (Lipinski definition) is 5. The molecular formula is C27H37N3O5S. The number of carbonyl (C=O) groups excluding carboxylic acids is 2. The Labute approximate surface area is 214 Å². The highest BCUT2D eigenvalue weighted by atomic mass is 32.2. The van der Waals surface area contributed by atoms with E-state index in [1.165, 1.54) is 12.0 Å². The smallest absolute Gasteiger partial charge is 0.244 e. The van der Waals surface area contributed by atoms with Crippen LogP contribution in [0.15, 0.2) is 42.5 Å². The fraction of sp³-hybridized carbons (Fsp3) is 0.481. The number of aryl methyl sites for hydroxylation is 2. The van der Waals surface area contributed by atoms with Crippen molar-refractivity contribution in [2.24, 2.45) is 0 Å². The number of hydrogen-bond donors (Lipinski definition) is 1. The molecule has 9 heteroatoms. The number of nitrogens with one attached hydrogen (secondary N) is 1. The number of sulfonamides is 1. The van der Waals surface area contributed by atoms with Gasteiger partial charge in [-0.1, -0.05) is 43.2 Å². The predicted octanol–water partition coefficient (Wildman–Crippen LogP) is 3.55. The van der Waals surface area contributed by atoms with Crippen LogP contribution < -0.4 is 14.4 Å². The van der Waals surface area contributed by atoms with E-state index in [2.05, 4.69) is 5.32 Å². The van der Waals surface area contributed by atoms with Crippen molar-refractivity contribution in [1.82, 2.24) is 10.2 Å². The van der Waals surface area contributed by atoms with Crippen LogP contribution in [-0.2, 0) is 26.2 Å². The summed E-state index contributed by atoms with van der Waals surface area (Å²) in [5, 5.41) is 3.07. The van der Waals surface area contributed by atoms with Gasteiger partial charge >= 0.3 is 0 Å². The maximum atomic E-state index is 13.8. The molecule has 0 heterocycles. The van der Waals surface area contributed by atoms with Gasteiger partial charge in [0.15, 0.2) is 0 Å². The molecule has 3 rings (SSSR count). The number of anilines is 1. The lowest BCUT2D eigenvalue weighted by molar-refractivity contribution is -0.139. The largest absolute Gasteiger partial charge is 0.495 e. The summed E-state index contributed by atoms with van der Waals surface area (Å²) in [6.07, 6.45) is 5.07. The zero-order chi connectivity index (χ0) is 26.5. The molecule has 0 unspecified atom stereocenters. The third-order valence-corrected chi connectivity index (χ3v) is 7.88. The first-order chi connectivity index (χ1) is 17.0. The molecule has 1 saturated carbocycles. The van der Waals surface area contributed by atoms with Crippen molar-refractivity contribution in [3.8, 4) is 5.75 Å². The molecule has 0 spiro atoms. The molecule has 36 heavy (non-hydrogen) atoms. The molecule has 0 radical (unpaired) electrons. The first-order valence-electron chi connectivity index (χ1n) is 12.3. The van der Waals surface area contributed by atoms with Crippen LogP contribution in [0.5, 0.6) is 5.75 Å². The lowest BCUT2D eigenvalue weighted by Crippen LogP contribution is -2.52. The highest BCUT2D eigenvalue weighted by molar-refractivity contribution is 7.92. The normalized spacial score (nSPS) is 14.8. The Morgan fingerprint density at radius 3 is 2.39 bits per heavy atom. The van der Waals surface area contributed by atoms with Crippen molar-refractivity contribution in [3.63, 3.8) is 0 Å². The number of amides is 2. The van der Waals surface area contributed by atoms with Gasteiger partial charge in [-0.25, -0.2) is 8.42 Å². The van der Waals surface area contributed by atoms with Gasteiger partial charge in [-0.3, -0.25) is 13.9 Å². The lowest BCUT2D eigenvalue weighted by Gasteiger charge is -2.32. The average Bonchev–Trinajstić information content (AvgIpc) is 3.33. The Balaban J connectivity index is 1.94. The van der Waals surface area contributed by atoms with Gasteiger partial charge < -0.3 is 15.0 Å². The summed E-state index contributed by atoms with van der Waals surface area (Å²) < 4.78 is 32.1. The lowest BCUT2D eigenvalue weighted by atomic mass is 10.1. The van der Waals surface area contributed by atoms with Crippen molar-refractivity contribution in [3.05, 3.63) is 59.2 Å². The molecule has 2 aromatic rings. The number of ether oxygens (including phenoxy) is 1. The van der Waals surface area contributed by atoms with Gasteiger partial charge in [0.2, 0.25) is 21.8 Å². The SMILES string of the molecule is COc1ccc(C)cc1N(CC(=O)N(Cc1ccccc1C)[C@H](C)C(=O)NC1CCCC1)S(C)(=O)=O. The molecular weight excluding hydrogens is 478 g/mol. The molecule has 1 aliphatic rings. The van der Waals surface area contributed by atoms with Crippen molar-refractivity contribution < 1.29 is 22.7 Å². The second-order valence-corrected chi connectivity index (χ2v) is 11.5. The van der Waals surface area contributed by atoms with E-state index in [4.69, 9.17) is 4.74 Å². The quantitative estimate of drug-likeness (QED) is 0.522. The minimum Gasteiger partial charge on any atom is -0.495 e. The van der Waals surface area contributed by atoms with E-state index in [1.54, 1.807) is 19.1 Å². The van der Waals surface area contributed by atoms with E-state index in [0.29, 0.717) is 5.75 Å². The monoisotopic (exact) mass is 515 g/mol. The topological polar surface area (TPSA) is 96.0 Å². The van der Waals surface area contributed by atoms with Crippen LogP contribution in [0.25, 0.3) is 0 Å². The summed E-state index contributed by atoms with van der Waals surface area (Å²) >= 11 is 0. The number of benzene rings is 2. The van der Waals surface area contributed by atoms with E-state index in [1.807, 2.05) is 44.2 Å². The molecule has 1 atom stereocenters. The first kappa shape index (κ1) is 27.5. The second-order valence-electron chi connectivity index (χ2n) is 9.56. The van der Waals surface area contributed by atoms with Gasteiger partial charge in [-0.15, -0.1) is 0 Å². The maximum absolute atomic E-state index is 13.8. The predicted molar refractivity (Wildman–Crippen MR) is 142 cm³/mol. The Morgan fingerprint density at radius 1 is 1.11 bits per heavy atom. The van der Waals surface area contributed by atoms with Crippen LogP contribution in [0.1, 0.15) is 49.3 Å². The van der Waals surface area contributed by atoms with E-state index in [0.717, 1.165) is 52.9 Å². The minimum absolute atomic E-state index is 0.111. The Hall–Kier alpha value is -3.07. The number of methoxy groups -OCH3 is 1. The summed E-state index contributed by atoms with van der Waals surface area (Å²) in [6, 6.07) is 12.1. The van der Waals surface area contributed by atoms with Gasteiger partial charge in [-0.2, -0.15) is 0 Å². The van der Waals surface area contributed by atoms with Crippen molar-refractivity contribution in [2.75, 3.05) is 24.2 Å². The van der Waals surface area contributed by atoms with Crippen LogP contribution in [-0.4, -0.2) is 57.1 Å². The van der Waals surface area contributed by atoms with Gasteiger partial charge in [0.1, 0.15) is 18.3 Å². The summed E-state index contributed by atoms with van der Waals surface area (Å²) in [5.74, 6) is -0.361. The van der Waals surface area contributed by atoms with Crippen LogP contribution in [0, 0.1) is 13.8 Å². The van der Waals surface area contributed by atoms with E-state index in [9.17, 15) is 18.0 Å². The summed E-state index contributed by atoms with van der Waals surface area (Å²) in [4.78, 5) is 28.4. The van der Waals surface area contributed by atoms with Crippen molar-refractivity contribution in [1.29, 1.82) is 0 Å². The third-order valence-electron chi connectivity index (χ3n) is 6.75. The minimum atomic E-state index is -3.84. The highest BCUT2D eigenvalue weighted by Gasteiger charge is 2.32. The zero-order valence-corrected chi connectivity index (χ0v) is 22.6. The van der Waals surface area contributed by atoms with E-state index < -0.39 is 28.5 Å². The van der Waals surface area contributed by atoms with Crippen LogP contribution >= 0.6 is 0 Å². The van der Waals surface area contributed by atoms with Gasteiger partial charge in [0.25, 0.3) is 0 Å². The van der Waals surface area contributed by atoms with Crippen LogP contribution in [0.3, 0.4) is 0 Å². The van der Waals surface area contributed by atoms with Gasteiger partial charge in [-0.05, 0) is 62.4 Å². The molecule has 1 aliphatic carbocycles. The molecule has 0 bridgehead atoms. The molecule has 1 fully saturated rings. The molecule has 2 amide bonds. The first-order valence-corrected chi connectivity index (χ1v) is 14.1. The van der Waals surface area contributed by atoms with Crippen molar-refractivity contribution in [2.45, 2.75) is 65.1 Å². The molecule has 0 aliphatic heterocycles. The molecule has 2 aromatic carbocycles. The van der Waals surface area contributed by atoms with Gasteiger partial charge in [0.05, 0.1) is 19.1 Å². The summed E-state index contributed by atoms with van der Waals surface area (Å²) in [5.41, 5.74) is 2.99. The standard InChI is InChI=1S/C27H37N3O5S/c1-19-14-15-25(35-4)24(16-19)30(36(5,33)34)18-26(31)29(17-22-11-7-6-10-20(22)2)21(3)27(32)28-23-12-8-9-13-23/h6-7,10-11,14-16,21,23H,8-9,12-13,17-18H2,1-5H3,(H,28,32)/t21-/m1/s1. The number of nitrogens with zero attached hydrogens (tertiary/aromatic N) is 2. The maximum Gasteiger partial charge on any atom is 0.244 e. The number of carbonyl (C=O) groups is 2. The van der Waals surface area contributed by atoms with Gasteiger partial charge in [0, 0.05) is 12.6 Å². The van der Waals surface area contributed by atoms with Crippen LogP contribution in [0.2, 0.25) is 0 Å². The summed E-state index contributed by atoms with van der Waals surface area (Å²) in [6.45, 7) is 5.21. The fourth-order valence-corrected chi connectivity index (χ4v) is 5.38. The Bertz CT molecular complexity index is 1190. The molecule has 1 N–H and O–H groups in total. The second kappa shape index (κ2) is 11.8. The Kier molecular flexibility index (Phi) is 9.00. The molecule has 196 valence electrons. The highest BCUT2D eigenvalue weighted by Crippen LogP contribution is 2.31. The zero-order valence-electron chi connectivity index (χ0n) is 21.8. The van der Waals surface area contributed by atoms with E-state index >= 15 is 0 Å². The van der Waals surface area contributed by atoms with Crippen LogP contribution in [0.4, 0.5) is 5.69 Å². The third kappa shape index (κ3) is 6.78. The van der Waals surface area contributed by atoms with Crippen molar-refractivity contribution >= 4 is 27.5 Å². The summed E-state index contributed by atoms with van der Waals surface area (Å²) in [7, 11) is -2.38. The molecule has 0 saturated heterocycles. The molecule has 8 nitrogen and oxygen atoms in total. The molecule has 0 aromatic heterocycles. The Morgan fingerprint density at radius 2 is 1.78 bits per heavy atom. The fourth-order valence-electron chi connectivity index (χ4n) is 4.54. The van der Waals surface area contributed by atoms with E-state index in [-0.39, 0.29) is 24.2 Å².